The lowest BCUT2D eigenvalue weighted by molar-refractivity contribution is -0.123. The van der Waals surface area contributed by atoms with E-state index in [1.165, 1.54) is 16.6 Å². The summed E-state index contributed by atoms with van der Waals surface area (Å²) < 4.78 is 32.0. The third-order valence-corrected chi connectivity index (χ3v) is 6.85. The fraction of sp³-hybridized carbons (Fsp3) is 0.667. The van der Waals surface area contributed by atoms with Gasteiger partial charge in [0.15, 0.2) is 0 Å². The van der Waals surface area contributed by atoms with Gasteiger partial charge in [0, 0.05) is 51.5 Å². The van der Waals surface area contributed by atoms with Crippen LogP contribution in [0, 0.1) is 0 Å². The van der Waals surface area contributed by atoms with Gasteiger partial charge in [0.05, 0.1) is 19.8 Å². The SMILES string of the molecule is CC(C)NC(=O)CN1CCN(C(=O)c2cc(S(=O)(=O)N3CCOCC3)c[nH]2)CC1. The number of piperazine rings is 1. The molecule has 2 aliphatic rings. The predicted molar refractivity (Wildman–Crippen MR) is 106 cm³/mol. The molecule has 11 heteroatoms. The summed E-state index contributed by atoms with van der Waals surface area (Å²) in [5.41, 5.74) is 0.253. The normalized spacial score (nSPS) is 19.5. The molecular formula is C18H29N5O5S. The summed E-state index contributed by atoms with van der Waals surface area (Å²) >= 11 is 0. The number of nitrogens with one attached hydrogen (secondary N) is 2. The molecule has 2 N–H and O–H groups in total. The number of carbonyl (C=O) groups excluding carboxylic acids is 2. The van der Waals surface area contributed by atoms with Crippen LogP contribution in [0.3, 0.4) is 0 Å². The molecule has 1 aromatic rings. The molecule has 1 aromatic heterocycles. The first-order valence-electron chi connectivity index (χ1n) is 9.84. The third-order valence-electron chi connectivity index (χ3n) is 4.97. The maximum atomic E-state index is 12.8. The second-order valence-corrected chi connectivity index (χ2v) is 9.49. The van der Waals surface area contributed by atoms with Gasteiger partial charge in [-0.05, 0) is 19.9 Å². The van der Waals surface area contributed by atoms with E-state index in [9.17, 15) is 18.0 Å². The molecule has 0 atom stereocenters. The van der Waals surface area contributed by atoms with Crippen molar-refractivity contribution >= 4 is 21.8 Å². The fourth-order valence-corrected chi connectivity index (χ4v) is 4.84. The summed E-state index contributed by atoms with van der Waals surface area (Å²) in [6.07, 6.45) is 1.37. The van der Waals surface area contributed by atoms with Crippen molar-refractivity contribution in [3.63, 3.8) is 0 Å². The van der Waals surface area contributed by atoms with Crippen molar-refractivity contribution in [1.29, 1.82) is 0 Å². The molecule has 0 radical (unpaired) electrons. The number of aromatic nitrogens is 1. The number of H-pyrrole nitrogens is 1. The molecular weight excluding hydrogens is 398 g/mol. The first-order valence-corrected chi connectivity index (χ1v) is 11.3. The zero-order chi connectivity index (χ0) is 21.0. The van der Waals surface area contributed by atoms with Gasteiger partial charge in [-0.1, -0.05) is 0 Å². The highest BCUT2D eigenvalue weighted by atomic mass is 32.2. The molecule has 2 fully saturated rings. The van der Waals surface area contributed by atoms with Crippen LogP contribution >= 0.6 is 0 Å². The van der Waals surface area contributed by atoms with Crippen LogP contribution in [0.4, 0.5) is 0 Å². The van der Waals surface area contributed by atoms with Gasteiger partial charge in [-0.25, -0.2) is 8.42 Å². The number of hydrogen-bond acceptors (Lipinski definition) is 6. The van der Waals surface area contributed by atoms with Crippen LogP contribution in [0.2, 0.25) is 0 Å². The van der Waals surface area contributed by atoms with Gasteiger partial charge in [0.2, 0.25) is 15.9 Å². The smallest absolute Gasteiger partial charge is 0.270 e. The van der Waals surface area contributed by atoms with Crippen LogP contribution in [0.15, 0.2) is 17.2 Å². The molecule has 3 rings (SSSR count). The predicted octanol–water partition coefficient (Wildman–Crippen LogP) is -0.682. The molecule has 10 nitrogen and oxygen atoms in total. The van der Waals surface area contributed by atoms with E-state index in [1.54, 1.807) is 4.90 Å². The Morgan fingerprint density at radius 2 is 1.79 bits per heavy atom. The van der Waals surface area contributed by atoms with Crippen LogP contribution in [-0.2, 0) is 19.6 Å². The van der Waals surface area contributed by atoms with Crippen LogP contribution in [0.1, 0.15) is 24.3 Å². The molecule has 2 aliphatic heterocycles. The molecule has 0 spiro atoms. The number of morpholine rings is 1. The third kappa shape index (κ3) is 5.35. The average molecular weight is 428 g/mol. The van der Waals surface area contributed by atoms with Crippen molar-refractivity contribution in [2.24, 2.45) is 0 Å². The maximum absolute atomic E-state index is 12.8. The summed E-state index contributed by atoms with van der Waals surface area (Å²) in [5.74, 6) is -0.262. The molecule has 2 saturated heterocycles. The Hall–Kier alpha value is -1.95. The van der Waals surface area contributed by atoms with E-state index >= 15 is 0 Å². The second-order valence-electron chi connectivity index (χ2n) is 7.56. The van der Waals surface area contributed by atoms with E-state index < -0.39 is 10.0 Å². The van der Waals surface area contributed by atoms with Crippen molar-refractivity contribution in [3.05, 3.63) is 18.0 Å². The lowest BCUT2D eigenvalue weighted by Crippen LogP contribution is -2.51. The van der Waals surface area contributed by atoms with Gasteiger partial charge in [-0.2, -0.15) is 4.31 Å². The molecule has 0 saturated carbocycles. The van der Waals surface area contributed by atoms with Crippen molar-refractivity contribution in [2.45, 2.75) is 24.8 Å². The summed E-state index contributed by atoms with van der Waals surface area (Å²) in [6, 6.07) is 1.50. The van der Waals surface area contributed by atoms with Gasteiger partial charge in [0.1, 0.15) is 10.6 Å². The minimum absolute atomic E-state index is 0.0258. The number of nitrogens with zero attached hydrogens (tertiary/aromatic N) is 3. The number of rotatable bonds is 6. The van der Waals surface area contributed by atoms with Gasteiger partial charge in [0.25, 0.3) is 5.91 Å². The van der Waals surface area contributed by atoms with Crippen LogP contribution in [-0.4, -0.2) is 104 Å². The van der Waals surface area contributed by atoms with Crippen LogP contribution < -0.4 is 5.32 Å². The van der Waals surface area contributed by atoms with Crippen molar-refractivity contribution in [1.82, 2.24) is 24.4 Å². The zero-order valence-electron chi connectivity index (χ0n) is 16.9. The summed E-state index contributed by atoms with van der Waals surface area (Å²) in [5, 5.41) is 2.86. The standard InChI is InChI=1S/C18H29N5O5S/c1-14(2)20-17(24)13-21-3-5-22(6-4-21)18(25)16-11-15(12-19-16)29(26,27)23-7-9-28-10-8-23/h11-12,14,19H,3-10,13H2,1-2H3,(H,20,24). The molecule has 3 heterocycles. The van der Waals surface area contributed by atoms with Crippen LogP contribution in [0.25, 0.3) is 0 Å². The van der Waals surface area contributed by atoms with E-state index in [1.807, 2.05) is 18.7 Å². The number of sulfonamides is 1. The number of aromatic amines is 1. The highest BCUT2D eigenvalue weighted by Crippen LogP contribution is 2.19. The van der Waals surface area contributed by atoms with E-state index in [2.05, 4.69) is 10.3 Å². The Balaban J connectivity index is 1.56. The zero-order valence-corrected chi connectivity index (χ0v) is 17.7. The summed E-state index contributed by atoms with van der Waals surface area (Å²) in [4.78, 5) is 31.2. The summed E-state index contributed by atoms with van der Waals surface area (Å²) in [7, 11) is -3.64. The molecule has 2 amide bonds. The molecule has 162 valence electrons. The molecule has 29 heavy (non-hydrogen) atoms. The van der Waals surface area contributed by atoms with Gasteiger partial charge in [-0.3, -0.25) is 14.5 Å². The van der Waals surface area contributed by atoms with Crippen molar-refractivity contribution < 1.29 is 22.7 Å². The maximum Gasteiger partial charge on any atom is 0.270 e. The topological polar surface area (TPSA) is 115 Å². The molecule has 0 bridgehead atoms. The van der Waals surface area contributed by atoms with Crippen LogP contribution in [0.5, 0.6) is 0 Å². The number of ether oxygens (including phenoxy) is 1. The van der Waals surface area contributed by atoms with Crippen molar-refractivity contribution in [3.8, 4) is 0 Å². The number of amides is 2. The first kappa shape index (κ1) is 21.8. The second kappa shape index (κ2) is 9.24. The van der Waals surface area contributed by atoms with Gasteiger partial charge in [-0.15, -0.1) is 0 Å². The lowest BCUT2D eigenvalue weighted by atomic mass is 10.2. The van der Waals surface area contributed by atoms with E-state index in [-0.39, 0.29) is 28.4 Å². The number of hydrogen-bond donors (Lipinski definition) is 2. The monoisotopic (exact) mass is 427 g/mol. The quantitative estimate of drug-likeness (QED) is 0.622. The Morgan fingerprint density at radius 3 is 2.41 bits per heavy atom. The highest BCUT2D eigenvalue weighted by Gasteiger charge is 2.29. The first-order chi connectivity index (χ1) is 13.8. The molecule has 0 unspecified atom stereocenters. The molecule has 0 aromatic carbocycles. The highest BCUT2D eigenvalue weighted by molar-refractivity contribution is 7.89. The average Bonchev–Trinajstić information content (AvgIpc) is 3.19. The van der Waals surface area contributed by atoms with E-state index in [0.717, 1.165) is 0 Å². The summed E-state index contributed by atoms with van der Waals surface area (Å²) in [6.45, 7) is 7.65. The van der Waals surface area contributed by atoms with Gasteiger partial charge >= 0.3 is 0 Å². The van der Waals surface area contributed by atoms with Gasteiger partial charge < -0.3 is 19.9 Å². The molecule has 0 aliphatic carbocycles. The largest absolute Gasteiger partial charge is 0.379 e. The Bertz CT molecular complexity index is 823. The fourth-order valence-electron chi connectivity index (χ4n) is 3.43. The van der Waals surface area contributed by atoms with E-state index in [4.69, 9.17) is 4.74 Å². The van der Waals surface area contributed by atoms with E-state index in [0.29, 0.717) is 59.0 Å². The Kier molecular flexibility index (Phi) is 6.93. The van der Waals surface area contributed by atoms with Crippen molar-refractivity contribution in [2.75, 3.05) is 59.0 Å². The Labute approximate surface area is 171 Å². The minimum atomic E-state index is -3.64. The minimum Gasteiger partial charge on any atom is -0.379 e. The number of carbonyl (C=O) groups is 2. The lowest BCUT2D eigenvalue weighted by Gasteiger charge is -2.34. The Morgan fingerprint density at radius 1 is 1.14 bits per heavy atom.